The monoisotopic (exact) mass is 399 g/mol. The number of benzene rings is 2. The van der Waals surface area contributed by atoms with E-state index in [1.165, 1.54) is 23.9 Å². The smallest absolute Gasteiger partial charge is 0.277 e. The van der Waals surface area contributed by atoms with Crippen molar-refractivity contribution in [2.75, 3.05) is 7.05 Å². The summed E-state index contributed by atoms with van der Waals surface area (Å²) in [7, 11) is 1.69. The van der Waals surface area contributed by atoms with Crippen molar-refractivity contribution in [1.29, 1.82) is 0 Å². The molecule has 0 N–H and O–H groups in total. The van der Waals surface area contributed by atoms with E-state index in [1.54, 1.807) is 31.0 Å². The second-order valence-corrected chi connectivity index (χ2v) is 8.13. The lowest BCUT2D eigenvalue weighted by Gasteiger charge is -2.20. The second-order valence-electron chi connectivity index (χ2n) is 6.83. The molecule has 0 spiro atoms. The molecule has 3 aromatic rings. The maximum Gasteiger partial charge on any atom is 0.277 e. The maximum absolute atomic E-state index is 13.3. The fourth-order valence-electron chi connectivity index (χ4n) is 2.97. The Balaban J connectivity index is 1.64. The van der Waals surface area contributed by atoms with Gasteiger partial charge in [-0.25, -0.2) is 4.39 Å². The van der Waals surface area contributed by atoms with Gasteiger partial charge in [-0.15, -0.1) is 10.2 Å². The number of hydrogen-bond acceptors (Lipinski definition) is 5. The molecule has 0 aliphatic rings. The summed E-state index contributed by atoms with van der Waals surface area (Å²) in [5.74, 6) is 0.0213. The number of aromatic nitrogens is 2. The van der Waals surface area contributed by atoms with E-state index in [-0.39, 0.29) is 11.7 Å². The molecule has 0 saturated carbocycles. The van der Waals surface area contributed by atoms with Crippen LogP contribution in [-0.4, -0.2) is 33.3 Å². The molecule has 0 unspecified atom stereocenters. The molecule has 1 heterocycles. The average Bonchev–Trinajstić information content (AvgIpc) is 3.08. The van der Waals surface area contributed by atoms with Crippen LogP contribution in [0.25, 0.3) is 11.5 Å². The zero-order valence-corrected chi connectivity index (χ0v) is 17.1. The number of hydrogen-bond donors (Lipinski definition) is 0. The van der Waals surface area contributed by atoms with Gasteiger partial charge < -0.3 is 9.32 Å². The molecule has 1 aromatic heterocycles. The first kappa shape index (κ1) is 20.1. The zero-order valence-electron chi connectivity index (χ0n) is 16.3. The Hall–Kier alpha value is -2.67. The van der Waals surface area contributed by atoms with Crippen LogP contribution >= 0.6 is 11.8 Å². The molecule has 0 aliphatic carbocycles. The molecule has 7 heteroatoms. The summed E-state index contributed by atoms with van der Waals surface area (Å²) >= 11 is 1.21. The highest BCUT2D eigenvalue weighted by Crippen LogP contribution is 2.28. The Labute approximate surface area is 168 Å². The summed E-state index contributed by atoms with van der Waals surface area (Å²) in [6.45, 7) is 6.14. The average molecular weight is 399 g/mol. The topological polar surface area (TPSA) is 59.2 Å². The molecule has 1 atom stereocenters. The minimum atomic E-state index is -0.411. The molecule has 2 aromatic carbocycles. The van der Waals surface area contributed by atoms with Crippen molar-refractivity contribution in [3.8, 4) is 11.5 Å². The van der Waals surface area contributed by atoms with Crippen molar-refractivity contribution in [3.63, 3.8) is 0 Å². The molecule has 5 nitrogen and oxygen atoms in total. The third-order valence-corrected chi connectivity index (χ3v) is 5.11. The van der Waals surface area contributed by atoms with Gasteiger partial charge in [0.1, 0.15) is 5.82 Å². The Bertz CT molecular complexity index is 969. The summed E-state index contributed by atoms with van der Waals surface area (Å²) < 4.78 is 19.1. The summed E-state index contributed by atoms with van der Waals surface area (Å²) in [6.07, 6.45) is 0. The van der Waals surface area contributed by atoms with Gasteiger partial charge in [0.2, 0.25) is 11.8 Å². The molecule has 0 bridgehead atoms. The van der Waals surface area contributed by atoms with Gasteiger partial charge in [0, 0.05) is 19.2 Å². The van der Waals surface area contributed by atoms with Crippen molar-refractivity contribution < 1.29 is 13.6 Å². The van der Waals surface area contributed by atoms with Crippen LogP contribution in [-0.2, 0) is 11.3 Å². The second kappa shape index (κ2) is 8.56. The zero-order chi connectivity index (χ0) is 20.3. The van der Waals surface area contributed by atoms with Crippen LogP contribution in [0.4, 0.5) is 4.39 Å². The van der Waals surface area contributed by atoms with Gasteiger partial charge in [-0.1, -0.05) is 41.1 Å². The first-order valence-corrected chi connectivity index (χ1v) is 9.78. The summed E-state index contributed by atoms with van der Waals surface area (Å²) in [6, 6.07) is 12.3. The van der Waals surface area contributed by atoms with E-state index in [1.807, 2.05) is 26.0 Å². The van der Waals surface area contributed by atoms with Crippen molar-refractivity contribution in [3.05, 3.63) is 65.0 Å². The largest absolute Gasteiger partial charge is 0.411 e. The number of thioether (sulfide) groups is 1. The number of amides is 1. The lowest BCUT2D eigenvalue weighted by atomic mass is 10.1. The van der Waals surface area contributed by atoms with Gasteiger partial charge in [-0.3, -0.25) is 4.79 Å². The van der Waals surface area contributed by atoms with Gasteiger partial charge >= 0.3 is 0 Å². The third kappa shape index (κ3) is 4.98. The first-order valence-electron chi connectivity index (χ1n) is 8.90. The number of carbonyl (C=O) groups is 1. The highest BCUT2D eigenvalue weighted by Gasteiger charge is 2.22. The van der Waals surface area contributed by atoms with Crippen molar-refractivity contribution in [2.45, 2.75) is 37.8 Å². The quantitative estimate of drug-likeness (QED) is 0.566. The molecule has 3 rings (SSSR count). The minimum absolute atomic E-state index is 0.0968. The van der Waals surface area contributed by atoms with Gasteiger partial charge in [0.05, 0.1) is 5.25 Å². The van der Waals surface area contributed by atoms with Gasteiger partial charge in [-0.2, -0.15) is 0 Å². The van der Waals surface area contributed by atoms with Crippen LogP contribution in [0.1, 0.15) is 23.6 Å². The Morgan fingerprint density at radius 2 is 1.89 bits per heavy atom. The predicted molar refractivity (Wildman–Crippen MR) is 107 cm³/mol. The Morgan fingerprint density at radius 1 is 1.18 bits per heavy atom. The lowest BCUT2D eigenvalue weighted by molar-refractivity contribution is -0.129. The van der Waals surface area contributed by atoms with Gasteiger partial charge in [-0.05, 0) is 50.6 Å². The van der Waals surface area contributed by atoms with Crippen LogP contribution in [0.5, 0.6) is 0 Å². The van der Waals surface area contributed by atoms with Crippen LogP contribution in [0, 0.1) is 19.7 Å². The molecule has 0 aliphatic heterocycles. The van der Waals surface area contributed by atoms with E-state index in [9.17, 15) is 9.18 Å². The van der Waals surface area contributed by atoms with Crippen LogP contribution in [0.15, 0.2) is 52.1 Å². The Kier molecular flexibility index (Phi) is 6.14. The number of nitrogens with zero attached hydrogens (tertiary/aromatic N) is 3. The standard InChI is InChI=1S/C21H22FN3O2S/c1-13-8-14(2)10-17(9-13)19-23-24-21(27-19)28-15(3)20(26)25(4)12-16-6-5-7-18(22)11-16/h5-11,15H,12H2,1-4H3/t15-/m0/s1. The first-order chi connectivity index (χ1) is 13.3. The number of aryl methyl sites for hydroxylation is 2. The molecular formula is C21H22FN3O2S. The van der Waals surface area contributed by atoms with E-state index >= 15 is 0 Å². The number of halogens is 1. The van der Waals surface area contributed by atoms with E-state index in [4.69, 9.17) is 4.42 Å². The molecular weight excluding hydrogens is 377 g/mol. The lowest BCUT2D eigenvalue weighted by Crippen LogP contribution is -2.32. The van der Waals surface area contributed by atoms with E-state index in [0.717, 1.165) is 22.3 Å². The molecule has 0 radical (unpaired) electrons. The summed E-state index contributed by atoms with van der Waals surface area (Å²) in [4.78, 5) is 14.2. The SMILES string of the molecule is Cc1cc(C)cc(-c2nnc(S[C@@H](C)C(=O)N(C)Cc3cccc(F)c3)o2)c1. The molecule has 0 fully saturated rings. The van der Waals surface area contributed by atoms with E-state index in [0.29, 0.717) is 17.7 Å². The molecule has 1 amide bonds. The Morgan fingerprint density at radius 3 is 2.57 bits per heavy atom. The van der Waals surface area contributed by atoms with Crippen LogP contribution < -0.4 is 0 Å². The van der Waals surface area contributed by atoms with Crippen LogP contribution in [0.3, 0.4) is 0 Å². The summed E-state index contributed by atoms with van der Waals surface area (Å²) in [5, 5.41) is 8.09. The van der Waals surface area contributed by atoms with Gasteiger partial charge in [0.15, 0.2) is 0 Å². The summed E-state index contributed by atoms with van der Waals surface area (Å²) in [5.41, 5.74) is 3.83. The maximum atomic E-state index is 13.3. The third-order valence-electron chi connectivity index (χ3n) is 4.19. The van der Waals surface area contributed by atoms with Crippen molar-refractivity contribution in [1.82, 2.24) is 15.1 Å². The van der Waals surface area contributed by atoms with Crippen molar-refractivity contribution in [2.24, 2.45) is 0 Å². The normalized spacial score (nSPS) is 12.0. The van der Waals surface area contributed by atoms with E-state index < -0.39 is 5.25 Å². The fraction of sp³-hybridized carbons (Fsp3) is 0.286. The molecule has 0 saturated heterocycles. The molecule has 146 valence electrons. The number of rotatable bonds is 6. The highest BCUT2D eigenvalue weighted by atomic mass is 32.2. The van der Waals surface area contributed by atoms with E-state index in [2.05, 4.69) is 16.3 Å². The van der Waals surface area contributed by atoms with Crippen molar-refractivity contribution >= 4 is 17.7 Å². The number of carbonyl (C=O) groups excluding carboxylic acids is 1. The highest BCUT2D eigenvalue weighted by molar-refractivity contribution is 8.00. The molecule has 28 heavy (non-hydrogen) atoms. The van der Waals surface area contributed by atoms with Gasteiger partial charge in [0.25, 0.3) is 5.22 Å². The van der Waals surface area contributed by atoms with Crippen LogP contribution in [0.2, 0.25) is 0 Å². The minimum Gasteiger partial charge on any atom is -0.411 e. The fourth-order valence-corrected chi connectivity index (χ4v) is 3.77. The predicted octanol–water partition coefficient (Wildman–Crippen LogP) is 4.63.